The van der Waals surface area contributed by atoms with Crippen LogP contribution in [0.2, 0.25) is 0 Å². The van der Waals surface area contributed by atoms with Gasteiger partial charge in [-0.2, -0.15) is 0 Å². The highest BCUT2D eigenvalue weighted by Gasteiger charge is 2.10. The van der Waals surface area contributed by atoms with Crippen LogP contribution in [0, 0.1) is 0 Å². The molecule has 0 saturated carbocycles. The first-order chi connectivity index (χ1) is 4.57. The molecule has 2 unspecified atom stereocenters. The molecular formula is C6H15N3O. The van der Waals surface area contributed by atoms with Crippen LogP contribution in [0.1, 0.15) is 13.8 Å². The molecule has 10 heavy (non-hydrogen) atoms. The first-order valence-corrected chi connectivity index (χ1v) is 3.30. The Balaban J connectivity index is 3.61. The predicted molar refractivity (Wildman–Crippen MR) is 40.3 cm³/mol. The summed E-state index contributed by atoms with van der Waals surface area (Å²) in [7, 11) is 0. The van der Waals surface area contributed by atoms with E-state index in [2.05, 4.69) is 5.32 Å². The quantitative estimate of drug-likeness (QED) is 0.466. The maximum absolute atomic E-state index is 10.5. The van der Waals surface area contributed by atoms with Gasteiger partial charge < -0.3 is 16.8 Å². The van der Waals surface area contributed by atoms with Crippen molar-refractivity contribution in [2.24, 2.45) is 11.5 Å². The Morgan fingerprint density at radius 2 is 2.20 bits per heavy atom. The zero-order valence-corrected chi connectivity index (χ0v) is 6.42. The van der Waals surface area contributed by atoms with E-state index in [1.807, 2.05) is 6.92 Å². The van der Waals surface area contributed by atoms with E-state index < -0.39 is 0 Å². The summed E-state index contributed by atoms with van der Waals surface area (Å²) in [6.07, 6.45) is 0. The van der Waals surface area contributed by atoms with Gasteiger partial charge >= 0.3 is 0 Å². The van der Waals surface area contributed by atoms with Crippen molar-refractivity contribution in [2.75, 3.05) is 6.54 Å². The van der Waals surface area contributed by atoms with Crippen molar-refractivity contribution in [3.8, 4) is 0 Å². The minimum atomic E-state index is -0.149. The smallest absolute Gasteiger partial charge is 0.217 e. The van der Waals surface area contributed by atoms with E-state index in [-0.39, 0.29) is 18.0 Å². The third-order valence-electron chi connectivity index (χ3n) is 1.35. The second-order valence-electron chi connectivity index (χ2n) is 2.39. The number of nitrogens with one attached hydrogen (secondary N) is 1. The summed E-state index contributed by atoms with van der Waals surface area (Å²) in [6, 6.07) is -0.189. The second kappa shape index (κ2) is 4.24. The van der Waals surface area contributed by atoms with Crippen LogP contribution in [0.25, 0.3) is 0 Å². The van der Waals surface area contributed by atoms with Crippen LogP contribution in [-0.4, -0.2) is 24.5 Å². The molecule has 2 atom stereocenters. The Labute approximate surface area is 61.0 Å². The molecule has 4 nitrogen and oxygen atoms in total. The number of amides is 1. The van der Waals surface area contributed by atoms with E-state index in [0.29, 0.717) is 6.54 Å². The van der Waals surface area contributed by atoms with Crippen LogP contribution in [0.15, 0.2) is 0 Å². The summed E-state index contributed by atoms with van der Waals surface area (Å²) in [4.78, 5) is 10.5. The third-order valence-corrected chi connectivity index (χ3v) is 1.35. The monoisotopic (exact) mass is 145 g/mol. The van der Waals surface area contributed by atoms with Crippen LogP contribution in [0.5, 0.6) is 0 Å². The lowest BCUT2D eigenvalue weighted by atomic mass is 10.1. The van der Waals surface area contributed by atoms with Crippen molar-refractivity contribution in [3.63, 3.8) is 0 Å². The molecule has 4 heteroatoms. The Morgan fingerprint density at radius 3 is 2.50 bits per heavy atom. The van der Waals surface area contributed by atoms with Gasteiger partial charge in [0.1, 0.15) is 0 Å². The minimum Gasteiger partial charge on any atom is -0.352 e. The van der Waals surface area contributed by atoms with Gasteiger partial charge in [0.15, 0.2) is 0 Å². The summed E-state index contributed by atoms with van der Waals surface area (Å²) in [5.74, 6) is -0.0728. The van der Waals surface area contributed by atoms with Gasteiger partial charge in [0.05, 0.1) is 0 Å². The Hall–Kier alpha value is -0.610. The first kappa shape index (κ1) is 9.39. The van der Waals surface area contributed by atoms with E-state index in [4.69, 9.17) is 11.5 Å². The maximum Gasteiger partial charge on any atom is 0.217 e. The molecule has 0 saturated heterocycles. The number of nitrogens with two attached hydrogens (primary N) is 2. The van der Waals surface area contributed by atoms with Gasteiger partial charge in [-0.3, -0.25) is 4.79 Å². The molecule has 0 aliphatic rings. The molecule has 1 amide bonds. The Bertz CT molecular complexity index is 116. The van der Waals surface area contributed by atoms with E-state index in [1.165, 1.54) is 6.92 Å². The van der Waals surface area contributed by atoms with Crippen LogP contribution < -0.4 is 16.8 Å². The summed E-state index contributed by atoms with van der Waals surface area (Å²) in [5.41, 5.74) is 10.8. The zero-order chi connectivity index (χ0) is 8.15. The number of carbonyl (C=O) groups is 1. The van der Waals surface area contributed by atoms with E-state index in [0.717, 1.165) is 0 Å². The molecule has 0 rings (SSSR count). The molecule has 0 bridgehead atoms. The Morgan fingerprint density at radius 1 is 1.70 bits per heavy atom. The molecule has 0 aliphatic carbocycles. The second-order valence-corrected chi connectivity index (χ2v) is 2.39. The molecule has 0 heterocycles. The van der Waals surface area contributed by atoms with Gasteiger partial charge in [-0.15, -0.1) is 0 Å². The van der Waals surface area contributed by atoms with Crippen LogP contribution >= 0.6 is 0 Å². The van der Waals surface area contributed by atoms with Crippen LogP contribution in [-0.2, 0) is 4.79 Å². The van der Waals surface area contributed by atoms with Crippen molar-refractivity contribution in [2.45, 2.75) is 25.9 Å². The highest BCUT2D eigenvalue weighted by atomic mass is 16.1. The molecule has 0 radical (unpaired) electrons. The highest BCUT2D eigenvalue weighted by molar-refractivity contribution is 5.73. The predicted octanol–water partition coefficient (Wildman–Crippen LogP) is -1.20. The largest absolute Gasteiger partial charge is 0.352 e. The lowest BCUT2D eigenvalue weighted by Crippen LogP contribution is -2.48. The number of hydrogen-bond donors (Lipinski definition) is 3. The topological polar surface area (TPSA) is 81.1 Å². The molecule has 0 spiro atoms. The molecule has 5 N–H and O–H groups in total. The molecule has 0 aromatic rings. The SMILES string of the molecule is CC(=O)NC(C)C(N)CN. The van der Waals surface area contributed by atoms with Crippen molar-refractivity contribution in [1.82, 2.24) is 5.32 Å². The fourth-order valence-electron chi connectivity index (χ4n) is 0.632. The van der Waals surface area contributed by atoms with Crippen molar-refractivity contribution < 1.29 is 4.79 Å². The van der Waals surface area contributed by atoms with Gasteiger partial charge in [-0.05, 0) is 6.92 Å². The standard InChI is InChI=1S/C6H15N3O/c1-4(6(8)3-7)9-5(2)10/h4,6H,3,7-8H2,1-2H3,(H,9,10). The number of rotatable bonds is 3. The average molecular weight is 145 g/mol. The maximum atomic E-state index is 10.5. The van der Waals surface area contributed by atoms with Gasteiger partial charge in [0.25, 0.3) is 0 Å². The third kappa shape index (κ3) is 3.42. The van der Waals surface area contributed by atoms with Crippen LogP contribution in [0.4, 0.5) is 0 Å². The summed E-state index contributed by atoms with van der Waals surface area (Å²) >= 11 is 0. The van der Waals surface area contributed by atoms with Crippen molar-refractivity contribution in [3.05, 3.63) is 0 Å². The molecule has 0 aliphatic heterocycles. The molecule has 60 valence electrons. The molecule has 0 aromatic heterocycles. The lowest BCUT2D eigenvalue weighted by molar-refractivity contribution is -0.119. The summed E-state index contributed by atoms with van der Waals surface area (Å²) in [5, 5.41) is 2.65. The molecule has 0 fully saturated rings. The Kier molecular flexibility index (Phi) is 3.99. The van der Waals surface area contributed by atoms with Gasteiger partial charge in [-0.1, -0.05) is 0 Å². The lowest BCUT2D eigenvalue weighted by Gasteiger charge is -2.18. The highest BCUT2D eigenvalue weighted by Crippen LogP contribution is 1.85. The number of carbonyl (C=O) groups excluding carboxylic acids is 1. The minimum absolute atomic E-state index is 0.0394. The number of hydrogen-bond acceptors (Lipinski definition) is 3. The van der Waals surface area contributed by atoms with E-state index in [1.54, 1.807) is 0 Å². The van der Waals surface area contributed by atoms with Crippen LogP contribution in [0.3, 0.4) is 0 Å². The molecule has 0 aromatic carbocycles. The van der Waals surface area contributed by atoms with E-state index in [9.17, 15) is 4.79 Å². The normalized spacial score (nSPS) is 16.0. The van der Waals surface area contributed by atoms with Gasteiger partial charge in [0, 0.05) is 25.6 Å². The summed E-state index contributed by atoms with van der Waals surface area (Å²) in [6.45, 7) is 3.68. The van der Waals surface area contributed by atoms with Crippen molar-refractivity contribution >= 4 is 5.91 Å². The van der Waals surface area contributed by atoms with Gasteiger partial charge in [0.2, 0.25) is 5.91 Å². The summed E-state index contributed by atoms with van der Waals surface area (Å²) < 4.78 is 0. The van der Waals surface area contributed by atoms with Gasteiger partial charge in [-0.25, -0.2) is 0 Å². The zero-order valence-electron chi connectivity index (χ0n) is 6.42. The fraction of sp³-hybridized carbons (Fsp3) is 0.833. The van der Waals surface area contributed by atoms with E-state index >= 15 is 0 Å². The fourth-order valence-corrected chi connectivity index (χ4v) is 0.632. The molecular weight excluding hydrogens is 130 g/mol. The van der Waals surface area contributed by atoms with Crippen molar-refractivity contribution in [1.29, 1.82) is 0 Å². The first-order valence-electron chi connectivity index (χ1n) is 3.30. The average Bonchev–Trinajstić information content (AvgIpc) is 1.85.